The highest BCUT2D eigenvalue weighted by Gasteiger charge is 2.09. The number of H-pyrrole nitrogens is 1. The fraction of sp³-hybridized carbons (Fsp3) is 0.357. The number of para-hydroxylation sites is 1. The van der Waals surface area contributed by atoms with Crippen LogP contribution in [0.1, 0.15) is 16.1 Å². The van der Waals surface area contributed by atoms with E-state index in [1.54, 1.807) is 0 Å². The molecule has 0 atom stereocenters. The topological polar surface area (TPSA) is 48.1 Å². The van der Waals surface area contributed by atoms with Gasteiger partial charge in [0.15, 0.2) is 0 Å². The van der Waals surface area contributed by atoms with Gasteiger partial charge in [0.25, 0.3) is 5.91 Å². The predicted octanol–water partition coefficient (Wildman–Crippen LogP) is 1.77. The van der Waals surface area contributed by atoms with Crippen molar-refractivity contribution in [1.82, 2.24) is 15.2 Å². The molecule has 0 fully saturated rings. The van der Waals surface area contributed by atoms with Gasteiger partial charge in [-0.1, -0.05) is 18.2 Å². The van der Waals surface area contributed by atoms with Crippen LogP contribution >= 0.6 is 0 Å². The van der Waals surface area contributed by atoms with E-state index >= 15 is 0 Å². The van der Waals surface area contributed by atoms with Gasteiger partial charge in [-0.25, -0.2) is 0 Å². The van der Waals surface area contributed by atoms with Gasteiger partial charge in [0.05, 0.1) is 0 Å². The summed E-state index contributed by atoms with van der Waals surface area (Å²) in [5, 5.41) is 3.98. The Kier molecular flexibility index (Phi) is 3.67. The zero-order valence-electron chi connectivity index (χ0n) is 11.1. The number of nitrogens with zero attached hydrogens (tertiary/aromatic N) is 1. The lowest BCUT2D eigenvalue weighted by atomic mass is 10.2. The standard InChI is InChI=1S/C14H19N3O/c1-10-5-4-6-11-9-12(16-13(10)11)14(18)15-7-8-17(2)3/h4-6,9,16H,7-8H2,1-3H3,(H,15,18). The van der Waals surface area contributed by atoms with Gasteiger partial charge >= 0.3 is 0 Å². The summed E-state index contributed by atoms with van der Waals surface area (Å²) in [4.78, 5) is 17.2. The largest absolute Gasteiger partial charge is 0.350 e. The first-order valence-corrected chi connectivity index (χ1v) is 6.09. The fourth-order valence-electron chi connectivity index (χ4n) is 1.92. The molecule has 1 aromatic heterocycles. The van der Waals surface area contributed by atoms with Crippen molar-refractivity contribution in [2.24, 2.45) is 0 Å². The molecule has 2 rings (SSSR count). The minimum atomic E-state index is -0.0487. The number of carbonyl (C=O) groups excluding carboxylic acids is 1. The number of rotatable bonds is 4. The smallest absolute Gasteiger partial charge is 0.267 e. The molecule has 2 aromatic rings. The van der Waals surface area contributed by atoms with Crippen molar-refractivity contribution in [3.05, 3.63) is 35.5 Å². The zero-order valence-corrected chi connectivity index (χ0v) is 11.1. The summed E-state index contributed by atoms with van der Waals surface area (Å²) in [7, 11) is 3.97. The maximum atomic E-state index is 11.9. The minimum Gasteiger partial charge on any atom is -0.350 e. The lowest BCUT2D eigenvalue weighted by molar-refractivity contribution is 0.0947. The van der Waals surface area contributed by atoms with Crippen LogP contribution in [0.2, 0.25) is 0 Å². The van der Waals surface area contributed by atoms with Crippen molar-refractivity contribution in [3.63, 3.8) is 0 Å². The highest BCUT2D eigenvalue weighted by molar-refractivity contribution is 5.98. The molecule has 18 heavy (non-hydrogen) atoms. The Morgan fingerprint density at radius 3 is 2.83 bits per heavy atom. The number of aromatic amines is 1. The Morgan fingerprint density at radius 1 is 1.39 bits per heavy atom. The van der Waals surface area contributed by atoms with Crippen molar-refractivity contribution in [3.8, 4) is 0 Å². The second-order valence-corrected chi connectivity index (χ2v) is 4.78. The molecule has 0 aliphatic heterocycles. The number of aromatic nitrogens is 1. The number of fused-ring (bicyclic) bond motifs is 1. The second-order valence-electron chi connectivity index (χ2n) is 4.78. The summed E-state index contributed by atoms with van der Waals surface area (Å²) in [6.45, 7) is 3.53. The normalized spacial score (nSPS) is 11.1. The Bertz CT molecular complexity index is 557. The zero-order chi connectivity index (χ0) is 13.1. The molecule has 4 heteroatoms. The molecule has 0 aliphatic rings. The van der Waals surface area contributed by atoms with Crippen LogP contribution in [0.25, 0.3) is 10.9 Å². The third kappa shape index (κ3) is 2.71. The molecule has 1 aromatic carbocycles. The van der Waals surface area contributed by atoms with Crippen LogP contribution in [0.3, 0.4) is 0 Å². The van der Waals surface area contributed by atoms with E-state index in [1.165, 1.54) is 0 Å². The average Bonchev–Trinajstić information content (AvgIpc) is 2.74. The number of benzene rings is 1. The van der Waals surface area contributed by atoms with Gasteiger partial charge < -0.3 is 15.2 Å². The van der Waals surface area contributed by atoms with E-state index in [0.717, 1.165) is 23.0 Å². The van der Waals surface area contributed by atoms with Gasteiger partial charge in [0, 0.05) is 24.0 Å². The summed E-state index contributed by atoms with van der Waals surface area (Å²) in [5.41, 5.74) is 2.81. The number of hydrogen-bond donors (Lipinski definition) is 2. The highest BCUT2D eigenvalue weighted by atomic mass is 16.1. The van der Waals surface area contributed by atoms with E-state index < -0.39 is 0 Å². The van der Waals surface area contributed by atoms with E-state index in [2.05, 4.69) is 10.3 Å². The van der Waals surface area contributed by atoms with Crippen molar-refractivity contribution < 1.29 is 4.79 Å². The molecule has 1 heterocycles. The van der Waals surface area contributed by atoms with Crippen LogP contribution in [-0.2, 0) is 0 Å². The molecule has 0 saturated carbocycles. The third-order valence-electron chi connectivity index (χ3n) is 2.95. The van der Waals surface area contributed by atoms with Gasteiger partial charge in [-0.2, -0.15) is 0 Å². The quantitative estimate of drug-likeness (QED) is 0.862. The van der Waals surface area contributed by atoms with E-state index in [-0.39, 0.29) is 5.91 Å². The third-order valence-corrected chi connectivity index (χ3v) is 2.95. The molecule has 1 amide bonds. The second kappa shape index (κ2) is 5.23. The van der Waals surface area contributed by atoms with E-state index in [0.29, 0.717) is 12.2 Å². The molecule has 4 nitrogen and oxygen atoms in total. The number of nitrogens with one attached hydrogen (secondary N) is 2. The molecule has 0 spiro atoms. The number of likely N-dealkylation sites (N-methyl/N-ethyl adjacent to an activating group) is 1. The number of hydrogen-bond acceptors (Lipinski definition) is 2. The van der Waals surface area contributed by atoms with E-state index in [1.807, 2.05) is 50.2 Å². The van der Waals surface area contributed by atoms with Crippen molar-refractivity contribution in [1.29, 1.82) is 0 Å². The molecular formula is C14H19N3O. The van der Waals surface area contributed by atoms with Crippen LogP contribution in [0, 0.1) is 6.92 Å². The summed E-state index contributed by atoms with van der Waals surface area (Å²) in [6.07, 6.45) is 0. The van der Waals surface area contributed by atoms with Crippen LogP contribution in [-0.4, -0.2) is 43.0 Å². The van der Waals surface area contributed by atoms with E-state index in [9.17, 15) is 4.79 Å². The van der Waals surface area contributed by atoms with Crippen molar-refractivity contribution >= 4 is 16.8 Å². The molecule has 2 N–H and O–H groups in total. The van der Waals surface area contributed by atoms with Gasteiger partial charge in [0.2, 0.25) is 0 Å². The van der Waals surface area contributed by atoms with Crippen LogP contribution in [0.4, 0.5) is 0 Å². The Morgan fingerprint density at radius 2 is 2.17 bits per heavy atom. The average molecular weight is 245 g/mol. The minimum absolute atomic E-state index is 0.0487. The van der Waals surface area contributed by atoms with Crippen LogP contribution in [0.5, 0.6) is 0 Å². The maximum absolute atomic E-state index is 11.9. The Balaban J connectivity index is 2.11. The highest BCUT2D eigenvalue weighted by Crippen LogP contribution is 2.18. The van der Waals surface area contributed by atoms with E-state index in [4.69, 9.17) is 0 Å². The monoisotopic (exact) mass is 245 g/mol. The Labute approximate surface area is 107 Å². The van der Waals surface area contributed by atoms with Gasteiger partial charge in [-0.05, 0) is 32.6 Å². The summed E-state index contributed by atoms with van der Waals surface area (Å²) < 4.78 is 0. The first-order valence-electron chi connectivity index (χ1n) is 6.09. The first kappa shape index (κ1) is 12.6. The summed E-state index contributed by atoms with van der Waals surface area (Å²) in [5.74, 6) is -0.0487. The lowest BCUT2D eigenvalue weighted by Crippen LogP contribution is -2.31. The van der Waals surface area contributed by atoms with Crippen molar-refractivity contribution in [2.75, 3.05) is 27.2 Å². The van der Waals surface area contributed by atoms with Gasteiger partial charge in [-0.3, -0.25) is 4.79 Å². The van der Waals surface area contributed by atoms with Gasteiger partial charge in [-0.15, -0.1) is 0 Å². The SMILES string of the molecule is Cc1cccc2cc(C(=O)NCCN(C)C)[nH]c12. The maximum Gasteiger partial charge on any atom is 0.267 e. The first-order chi connectivity index (χ1) is 8.58. The lowest BCUT2D eigenvalue weighted by Gasteiger charge is -2.09. The fourth-order valence-corrected chi connectivity index (χ4v) is 1.92. The van der Waals surface area contributed by atoms with Crippen LogP contribution in [0.15, 0.2) is 24.3 Å². The molecule has 0 bridgehead atoms. The van der Waals surface area contributed by atoms with Gasteiger partial charge in [0.1, 0.15) is 5.69 Å². The number of carbonyl (C=O) groups is 1. The molecule has 0 saturated heterocycles. The predicted molar refractivity (Wildman–Crippen MR) is 73.9 cm³/mol. The molecule has 96 valence electrons. The molecule has 0 aliphatic carbocycles. The number of aryl methyl sites for hydroxylation is 1. The molecule has 0 radical (unpaired) electrons. The number of amides is 1. The molecular weight excluding hydrogens is 226 g/mol. The Hall–Kier alpha value is -1.81. The van der Waals surface area contributed by atoms with Crippen LogP contribution < -0.4 is 5.32 Å². The summed E-state index contributed by atoms with van der Waals surface area (Å²) >= 11 is 0. The molecule has 0 unspecified atom stereocenters. The van der Waals surface area contributed by atoms with Crippen molar-refractivity contribution in [2.45, 2.75) is 6.92 Å². The summed E-state index contributed by atoms with van der Waals surface area (Å²) in [6, 6.07) is 7.94.